The van der Waals surface area contributed by atoms with Crippen molar-refractivity contribution in [2.24, 2.45) is 0 Å². The number of rotatable bonds is 2. The maximum atomic E-state index is 11.9. The molecular formula is C23H13N3O2S2. The molecule has 2 aromatic heterocycles. The zero-order chi connectivity index (χ0) is 20.8. The number of imide groups is 1. The number of benzene rings is 2. The molecule has 1 aliphatic heterocycles. The molecule has 0 unspecified atom stereocenters. The predicted octanol–water partition coefficient (Wildman–Crippen LogP) is 5.62. The van der Waals surface area contributed by atoms with Crippen molar-refractivity contribution in [1.82, 2.24) is 10.3 Å². The van der Waals surface area contributed by atoms with Gasteiger partial charge in [0, 0.05) is 32.1 Å². The Kier molecular flexibility index (Phi) is 4.39. The number of amides is 2. The second kappa shape index (κ2) is 7.10. The summed E-state index contributed by atoms with van der Waals surface area (Å²) in [6.07, 6.45) is 3.50. The van der Waals surface area contributed by atoms with Crippen LogP contribution < -0.4 is 5.32 Å². The average Bonchev–Trinajstić information content (AvgIpc) is 3.25. The molecule has 2 aromatic carbocycles. The van der Waals surface area contributed by atoms with Crippen LogP contribution in [0.25, 0.3) is 37.5 Å². The molecule has 2 amide bonds. The van der Waals surface area contributed by atoms with Gasteiger partial charge >= 0.3 is 0 Å². The van der Waals surface area contributed by atoms with Gasteiger partial charge in [-0.15, -0.1) is 11.3 Å². The summed E-state index contributed by atoms with van der Waals surface area (Å²) >= 11 is 2.55. The third-order valence-electron chi connectivity index (χ3n) is 5.02. The maximum absolute atomic E-state index is 11.9. The average molecular weight is 428 g/mol. The third kappa shape index (κ3) is 2.98. The second-order valence-electron chi connectivity index (χ2n) is 6.83. The topological polar surface area (TPSA) is 82.8 Å². The van der Waals surface area contributed by atoms with Gasteiger partial charge in [0.2, 0.25) is 0 Å². The van der Waals surface area contributed by atoms with E-state index in [-0.39, 0.29) is 11.1 Å². The third-order valence-corrected chi connectivity index (χ3v) is 7.13. The lowest BCUT2D eigenvalue weighted by atomic mass is 10.00. The predicted molar refractivity (Wildman–Crippen MR) is 121 cm³/mol. The lowest BCUT2D eigenvalue weighted by Crippen LogP contribution is -2.17. The minimum absolute atomic E-state index is 0.358. The van der Waals surface area contributed by atoms with Crippen molar-refractivity contribution in [2.75, 3.05) is 0 Å². The van der Waals surface area contributed by atoms with Gasteiger partial charge in [-0.3, -0.25) is 19.9 Å². The number of pyridine rings is 1. The minimum Gasteiger partial charge on any atom is -0.282 e. The van der Waals surface area contributed by atoms with E-state index in [9.17, 15) is 14.9 Å². The molecule has 0 bridgehead atoms. The molecular weight excluding hydrogens is 414 g/mol. The van der Waals surface area contributed by atoms with Crippen molar-refractivity contribution in [3.05, 3.63) is 70.3 Å². The van der Waals surface area contributed by atoms with Crippen LogP contribution in [-0.2, 0) is 4.79 Å². The highest BCUT2D eigenvalue weighted by atomic mass is 32.2. The number of aromatic nitrogens is 1. The number of carbonyl (C=O) groups excluding carboxylic acids is 2. The molecule has 0 spiro atoms. The summed E-state index contributed by atoms with van der Waals surface area (Å²) in [6.45, 7) is 2.04. The smallest absolute Gasteiger partial charge is 0.282 e. The first kappa shape index (κ1) is 18.6. The van der Waals surface area contributed by atoms with Crippen LogP contribution in [0.15, 0.2) is 53.6 Å². The molecule has 0 aliphatic carbocycles. The van der Waals surface area contributed by atoms with Crippen LogP contribution in [0, 0.1) is 18.3 Å². The number of nitrogens with one attached hydrogen (secondary N) is 1. The number of carbonyl (C=O) groups is 2. The van der Waals surface area contributed by atoms with E-state index < -0.39 is 0 Å². The van der Waals surface area contributed by atoms with Crippen LogP contribution in [0.4, 0.5) is 4.79 Å². The molecule has 7 heteroatoms. The van der Waals surface area contributed by atoms with E-state index in [1.807, 2.05) is 49.4 Å². The highest BCUT2D eigenvalue weighted by Crippen LogP contribution is 2.42. The van der Waals surface area contributed by atoms with Gasteiger partial charge < -0.3 is 0 Å². The van der Waals surface area contributed by atoms with Crippen molar-refractivity contribution in [1.29, 1.82) is 5.26 Å². The fraction of sp³-hybridized carbons (Fsp3) is 0.0435. The van der Waals surface area contributed by atoms with Gasteiger partial charge in [-0.25, -0.2) is 0 Å². The van der Waals surface area contributed by atoms with Crippen molar-refractivity contribution < 1.29 is 9.59 Å². The Balaban J connectivity index is 1.71. The zero-order valence-corrected chi connectivity index (χ0v) is 17.4. The first-order valence-corrected chi connectivity index (χ1v) is 10.7. The van der Waals surface area contributed by atoms with Gasteiger partial charge in [0.1, 0.15) is 0 Å². The van der Waals surface area contributed by atoms with Gasteiger partial charge in [0.05, 0.1) is 22.1 Å². The Morgan fingerprint density at radius 2 is 2.03 bits per heavy atom. The summed E-state index contributed by atoms with van der Waals surface area (Å²) in [5.41, 5.74) is 4.43. The standard InChI is InChI=1S/C23H13N3O2S2/c1-12-20-14(11-24)3-2-4-18(20)29-21(12)15-7-8-25-17-6-5-13(9-16(15)17)10-19-22(27)26-23(28)30-19/h2-10H,1H3,(H,26,27,28). The second-order valence-corrected chi connectivity index (χ2v) is 8.90. The molecule has 1 saturated heterocycles. The van der Waals surface area contributed by atoms with E-state index >= 15 is 0 Å². The molecule has 4 aromatic rings. The molecule has 0 saturated carbocycles. The van der Waals surface area contributed by atoms with Crippen LogP contribution in [0.2, 0.25) is 0 Å². The number of fused-ring (bicyclic) bond motifs is 2. The monoisotopic (exact) mass is 427 g/mol. The molecule has 30 heavy (non-hydrogen) atoms. The lowest BCUT2D eigenvalue weighted by molar-refractivity contribution is -0.115. The van der Waals surface area contributed by atoms with Crippen molar-refractivity contribution in [3.8, 4) is 16.5 Å². The summed E-state index contributed by atoms with van der Waals surface area (Å²) < 4.78 is 1.07. The van der Waals surface area contributed by atoms with E-state index in [4.69, 9.17) is 0 Å². The molecule has 5 nitrogen and oxygen atoms in total. The van der Waals surface area contributed by atoms with Crippen LogP contribution in [0.5, 0.6) is 0 Å². The number of thiophene rings is 1. The van der Waals surface area contributed by atoms with E-state index in [1.54, 1.807) is 23.6 Å². The largest absolute Gasteiger partial charge is 0.290 e. The highest BCUT2D eigenvalue weighted by molar-refractivity contribution is 8.18. The quantitative estimate of drug-likeness (QED) is 0.420. The van der Waals surface area contributed by atoms with Gasteiger partial charge in [-0.1, -0.05) is 12.1 Å². The van der Waals surface area contributed by atoms with Crippen LogP contribution >= 0.6 is 23.1 Å². The molecule has 3 heterocycles. The molecule has 1 aliphatic rings. The van der Waals surface area contributed by atoms with Crippen LogP contribution in [0.3, 0.4) is 0 Å². The van der Waals surface area contributed by atoms with Crippen molar-refractivity contribution in [3.63, 3.8) is 0 Å². The van der Waals surface area contributed by atoms with Gasteiger partial charge in [-0.05, 0) is 66.2 Å². The van der Waals surface area contributed by atoms with E-state index in [1.165, 1.54) is 0 Å². The Hall–Kier alpha value is -3.47. The molecule has 1 fully saturated rings. The van der Waals surface area contributed by atoms with Crippen LogP contribution in [0.1, 0.15) is 16.7 Å². The zero-order valence-electron chi connectivity index (χ0n) is 15.7. The number of hydrogen-bond acceptors (Lipinski definition) is 6. The summed E-state index contributed by atoms with van der Waals surface area (Å²) in [6, 6.07) is 15.8. The normalized spacial score (nSPS) is 15.1. The highest BCUT2D eigenvalue weighted by Gasteiger charge is 2.25. The molecule has 144 valence electrons. The summed E-state index contributed by atoms with van der Waals surface area (Å²) in [7, 11) is 0. The maximum Gasteiger partial charge on any atom is 0.290 e. The molecule has 1 N–H and O–H groups in total. The molecule has 0 radical (unpaired) electrons. The Morgan fingerprint density at radius 1 is 1.17 bits per heavy atom. The lowest BCUT2D eigenvalue weighted by Gasteiger charge is -2.07. The number of aryl methyl sites for hydroxylation is 1. The van der Waals surface area contributed by atoms with E-state index in [0.29, 0.717) is 10.5 Å². The summed E-state index contributed by atoms with van der Waals surface area (Å²) in [5, 5.41) is 13.4. The number of thioether (sulfide) groups is 1. The number of nitriles is 1. The minimum atomic E-state index is -0.374. The SMILES string of the molecule is Cc1c(-c2ccnc3ccc(C=C4SC(=O)NC4=O)cc23)sc2cccc(C#N)c12. The summed E-state index contributed by atoms with van der Waals surface area (Å²) in [5.74, 6) is -0.374. The van der Waals surface area contributed by atoms with Crippen molar-refractivity contribution >= 4 is 61.3 Å². The fourth-order valence-corrected chi connectivity index (χ4v) is 5.63. The number of nitrogens with zero attached hydrogens (tertiary/aromatic N) is 2. The van der Waals surface area contributed by atoms with Crippen molar-refractivity contribution in [2.45, 2.75) is 6.92 Å². The van der Waals surface area contributed by atoms with E-state index in [0.717, 1.165) is 54.3 Å². The van der Waals surface area contributed by atoms with Crippen LogP contribution in [-0.4, -0.2) is 16.1 Å². The number of hydrogen-bond donors (Lipinski definition) is 1. The van der Waals surface area contributed by atoms with Gasteiger partial charge in [-0.2, -0.15) is 5.26 Å². The molecule has 0 atom stereocenters. The first-order valence-electron chi connectivity index (χ1n) is 9.11. The summed E-state index contributed by atoms with van der Waals surface area (Å²) in [4.78, 5) is 29.3. The Morgan fingerprint density at radius 3 is 2.80 bits per heavy atom. The Bertz CT molecular complexity index is 1460. The van der Waals surface area contributed by atoms with E-state index in [2.05, 4.69) is 16.4 Å². The Labute approximate surface area is 180 Å². The first-order chi connectivity index (χ1) is 14.5. The van der Waals surface area contributed by atoms with Gasteiger partial charge in [0.25, 0.3) is 11.1 Å². The van der Waals surface area contributed by atoms with Gasteiger partial charge in [0.15, 0.2) is 0 Å². The molecule has 5 rings (SSSR count). The fourth-order valence-electron chi connectivity index (χ4n) is 3.68.